The van der Waals surface area contributed by atoms with Crippen molar-refractivity contribution in [3.63, 3.8) is 0 Å². The Labute approximate surface area is 173 Å². The summed E-state index contributed by atoms with van der Waals surface area (Å²) in [6, 6.07) is 6.87. The molecule has 1 aromatic carbocycles. The van der Waals surface area contributed by atoms with Crippen LogP contribution >= 0.6 is 11.8 Å². The number of hydrogen-bond acceptors (Lipinski definition) is 8. The maximum Gasteiger partial charge on any atom is 0.321 e. The van der Waals surface area contributed by atoms with E-state index in [4.69, 9.17) is 4.84 Å². The molecule has 152 valence electrons. The highest BCUT2D eigenvalue weighted by Crippen LogP contribution is 2.30. The molecule has 10 heteroatoms. The van der Waals surface area contributed by atoms with Gasteiger partial charge in [0, 0.05) is 23.6 Å². The largest absolute Gasteiger partial charge is 0.374 e. The van der Waals surface area contributed by atoms with Crippen molar-refractivity contribution in [2.24, 2.45) is 4.99 Å². The first-order valence-corrected chi connectivity index (χ1v) is 10.1. The van der Waals surface area contributed by atoms with E-state index in [9.17, 15) is 4.79 Å². The van der Waals surface area contributed by atoms with Crippen LogP contribution in [-0.4, -0.2) is 33.4 Å². The van der Waals surface area contributed by atoms with Crippen LogP contribution in [0.5, 0.6) is 5.75 Å². The van der Waals surface area contributed by atoms with Crippen molar-refractivity contribution in [3.05, 3.63) is 59.7 Å². The molecule has 0 aliphatic carbocycles. The van der Waals surface area contributed by atoms with Crippen molar-refractivity contribution < 1.29 is 9.63 Å². The normalized spacial score (nSPS) is 19.8. The molecule has 1 unspecified atom stereocenters. The highest BCUT2D eigenvalue weighted by molar-refractivity contribution is 8.02. The zero-order chi connectivity index (χ0) is 20.4. The van der Waals surface area contributed by atoms with Crippen LogP contribution < -0.4 is 26.3 Å². The molecule has 0 saturated carbocycles. The average molecular weight is 414 g/mol. The van der Waals surface area contributed by atoms with Gasteiger partial charge in [0.1, 0.15) is 17.7 Å². The van der Waals surface area contributed by atoms with E-state index in [2.05, 4.69) is 52.1 Å². The molecule has 0 bridgehead atoms. The lowest BCUT2D eigenvalue weighted by Gasteiger charge is -2.37. The Morgan fingerprint density at radius 1 is 1.28 bits per heavy atom. The highest BCUT2D eigenvalue weighted by atomic mass is 32.2. The molecule has 0 aromatic heterocycles. The average Bonchev–Trinajstić information content (AvgIpc) is 3.32. The first-order chi connectivity index (χ1) is 13.9. The molecule has 1 aromatic rings. The minimum Gasteiger partial charge on any atom is -0.374 e. The van der Waals surface area contributed by atoms with E-state index in [1.54, 1.807) is 59.8 Å². The van der Waals surface area contributed by atoms with E-state index in [1.165, 1.54) is 0 Å². The Kier molecular flexibility index (Phi) is 5.01. The zero-order valence-electron chi connectivity index (χ0n) is 16.3. The van der Waals surface area contributed by atoms with Gasteiger partial charge in [0.2, 0.25) is 0 Å². The fourth-order valence-electron chi connectivity index (χ4n) is 2.90. The number of carbonyl (C=O) groups is 1. The zero-order valence-corrected chi connectivity index (χ0v) is 17.2. The SMILES string of the molecule is CC(C)(C)N1C=CSC1NC(=O)Nc1ccc(ON2C=NC=C3NNC=C32)cc1. The van der Waals surface area contributed by atoms with Crippen LogP contribution in [0.1, 0.15) is 20.8 Å². The van der Waals surface area contributed by atoms with E-state index in [0.29, 0.717) is 11.4 Å². The second-order valence-electron chi connectivity index (χ2n) is 7.50. The molecule has 29 heavy (non-hydrogen) atoms. The number of urea groups is 1. The molecule has 0 spiro atoms. The second-order valence-corrected chi connectivity index (χ2v) is 8.49. The Morgan fingerprint density at radius 3 is 2.83 bits per heavy atom. The van der Waals surface area contributed by atoms with Crippen LogP contribution in [0, 0.1) is 0 Å². The van der Waals surface area contributed by atoms with Crippen LogP contribution in [0.15, 0.2) is 64.7 Å². The maximum absolute atomic E-state index is 12.4. The van der Waals surface area contributed by atoms with Crippen LogP contribution in [0.2, 0.25) is 0 Å². The van der Waals surface area contributed by atoms with Crippen molar-refractivity contribution in [1.82, 2.24) is 26.1 Å². The summed E-state index contributed by atoms with van der Waals surface area (Å²) in [5.41, 5.74) is 7.98. The third-order valence-corrected chi connectivity index (χ3v) is 5.21. The summed E-state index contributed by atoms with van der Waals surface area (Å²) in [7, 11) is 0. The fraction of sp³-hybridized carbons (Fsp3) is 0.263. The predicted molar refractivity (Wildman–Crippen MR) is 114 cm³/mol. The lowest BCUT2D eigenvalue weighted by molar-refractivity contribution is 0.0646. The number of fused-ring (bicyclic) bond motifs is 1. The Balaban J connectivity index is 1.32. The number of nitrogens with one attached hydrogen (secondary N) is 4. The Morgan fingerprint density at radius 2 is 2.07 bits per heavy atom. The quantitative estimate of drug-likeness (QED) is 0.603. The molecule has 0 fully saturated rings. The molecule has 0 saturated heterocycles. The van der Waals surface area contributed by atoms with E-state index in [-0.39, 0.29) is 17.1 Å². The van der Waals surface area contributed by atoms with Crippen molar-refractivity contribution in [2.45, 2.75) is 31.8 Å². The van der Waals surface area contributed by atoms with Crippen LogP contribution in [0.25, 0.3) is 0 Å². The first-order valence-electron chi connectivity index (χ1n) is 9.11. The summed E-state index contributed by atoms with van der Waals surface area (Å²) in [6.07, 6.45) is 7.07. The smallest absolute Gasteiger partial charge is 0.321 e. The number of anilines is 1. The summed E-state index contributed by atoms with van der Waals surface area (Å²) in [4.78, 5) is 24.5. The number of hydrazine groups is 1. The highest BCUT2D eigenvalue weighted by Gasteiger charge is 2.30. The van der Waals surface area contributed by atoms with Gasteiger partial charge in [0.05, 0.1) is 6.20 Å². The van der Waals surface area contributed by atoms with Gasteiger partial charge in [-0.05, 0) is 50.4 Å². The molecule has 2 amide bonds. The van der Waals surface area contributed by atoms with E-state index in [1.807, 2.05) is 11.6 Å². The van der Waals surface area contributed by atoms with E-state index < -0.39 is 0 Å². The number of nitrogens with zero attached hydrogens (tertiary/aromatic N) is 3. The molecule has 4 N–H and O–H groups in total. The monoisotopic (exact) mass is 413 g/mol. The van der Waals surface area contributed by atoms with Gasteiger partial charge in [-0.3, -0.25) is 5.43 Å². The maximum atomic E-state index is 12.4. The molecule has 3 aliphatic rings. The minimum atomic E-state index is -0.264. The number of rotatable bonds is 4. The molecule has 9 nitrogen and oxygen atoms in total. The van der Waals surface area contributed by atoms with Gasteiger partial charge < -0.3 is 25.8 Å². The predicted octanol–water partition coefficient (Wildman–Crippen LogP) is 2.84. The third-order valence-electron chi connectivity index (χ3n) is 4.33. The lowest BCUT2D eigenvalue weighted by atomic mass is 10.1. The van der Waals surface area contributed by atoms with Crippen LogP contribution in [0.3, 0.4) is 0 Å². The van der Waals surface area contributed by atoms with Crippen LogP contribution in [0.4, 0.5) is 10.5 Å². The number of benzene rings is 1. The second kappa shape index (κ2) is 7.63. The van der Waals surface area contributed by atoms with Gasteiger partial charge >= 0.3 is 6.03 Å². The topological polar surface area (TPSA) is 93.3 Å². The van der Waals surface area contributed by atoms with Gasteiger partial charge in [0.25, 0.3) is 0 Å². The first kappa shape index (κ1) is 19.1. The molecular weight excluding hydrogens is 390 g/mol. The van der Waals surface area contributed by atoms with Crippen LogP contribution in [-0.2, 0) is 0 Å². The lowest BCUT2D eigenvalue weighted by Crippen LogP contribution is -2.50. The van der Waals surface area contributed by atoms with E-state index >= 15 is 0 Å². The molecule has 3 heterocycles. The standard InChI is InChI=1S/C19H23N7O2S/c1-19(2,3)25-8-9-29-18(25)23-17(27)22-13-4-6-14(7-5-13)28-26-12-20-10-15-16(26)11-21-24-15/h4-12,18,21,24H,1-3H3,(H2,22,23,27). The Bertz CT molecular complexity index is 902. The molecule has 1 atom stereocenters. The minimum absolute atomic E-state index is 0.0798. The van der Waals surface area contributed by atoms with Gasteiger partial charge in [-0.25, -0.2) is 9.79 Å². The fourth-order valence-corrected chi connectivity index (χ4v) is 3.94. The van der Waals surface area contributed by atoms with Crippen molar-refractivity contribution in [2.75, 3.05) is 5.32 Å². The summed E-state index contributed by atoms with van der Waals surface area (Å²) in [5, 5.41) is 9.38. The third kappa shape index (κ3) is 4.27. The van der Waals surface area contributed by atoms with Gasteiger partial charge in [0.15, 0.2) is 11.2 Å². The molecule has 3 aliphatic heterocycles. The van der Waals surface area contributed by atoms with Gasteiger partial charge in [-0.2, -0.15) is 5.06 Å². The molecule has 4 rings (SSSR count). The van der Waals surface area contributed by atoms with Crippen molar-refractivity contribution >= 4 is 29.8 Å². The van der Waals surface area contributed by atoms with Crippen molar-refractivity contribution in [3.8, 4) is 5.75 Å². The van der Waals surface area contributed by atoms with Gasteiger partial charge in [-0.15, -0.1) is 0 Å². The summed E-state index contributed by atoms with van der Waals surface area (Å²) < 4.78 is 0. The number of aliphatic imine (C=N–C) groups is 1. The summed E-state index contributed by atoms with van der Waals surface area (Å²) in [5.74, 6) is 0.617. The molecule has 0 radical (unpaired) electrons. The summed E-state index contributed by atoms with van der Waals surface area (Å²) in [6.45, 7) is 6.32. The number of thioether (sulfide) groups is 1. The van der Waals surface area contributed by atoms with E-state index in [0.717, 1.165) is 11.4 Å². The number of amides is 2. The molecular formula is C19H23N7O2S. The number of carbonyl (C=O) groups excluding carboxylic acids is 1. The number of hydrogen-bond donors (Lipinski definition) is 4. The van der Waals surface area contributed by atoms with Crippen molar-refractivity contribution in [1.29, 1.82) is 0 Å². The van der Waals surface area contributed by atoms with Gasteiger partial charge in [-0.1, -0.05) is 11.8 Å². The summed E-state index contributed by atoms with van der Waals surface area (Å²) >= 11 is 1.56. The number of hydroxylamine groups is 2. The Hall–Kier alpha value is -3.27.